The largest absolute Gasteiger partial charge is 0.310 e. The van der Waals surface area contributed by atoms with Gasteiger partial charge in [-0.15, -0.1) is 10.2 Å². The number of benzene rings is 1. The summed E-state index contributed by atoms with van der Waals surface area (Å²) in [6.07, 6.45) is 3.02. The van der Waals surface area contributed by atoms with Crippen molar-refractivity contribution < 1.29 is 8.42 Å². The van der Waals surface area contributed by atoms with Crippen molar-refractivity contribution in [1.29, 1.82) is 0 Å². The number of hydrogen-bond donors (Lipinski definition) is 0. The first-order valence-electron chi connectivity index (χ1n) is 8.51. The Morgan fingerprint density at radius 2 is 1.84 bits per heavy atom. The van der Waals surface area contributed by atoms with Crippen LogP contribution < -0.4 is 4.90 Å². The van der Waals surface area contributed by atoms with Gasteiger partial charge in [-0.1, -0.05) is 6.07 Å². The summed E-state index contributed by atoms with van der Waals surface area (Å²) >= 11 is 0. The van der Waals surface area contributed by atoms with Crippen LogP contribution in [0.4, 0.5) is 11.6 Å². The zero-order valence-corrected chi connectivity index (χ0v) is 15.8. The number of nitrogens with zero attached hydrogens (tertiary/aromatic N) is 5. The van der Waals surface area contributed by atoms with Crippen LogP contribution in [0.3, 0.4) is 0 Å². The van der Waals surface area contributed by atoms with Crippen molar-refractivity contribution in [3.63, 3.8) is 0 Å². The van der Waals surface area contributed by atoms with E-state index in [1.807, 2.05) is 11.6 Å². The minimum absolute atomic E-state index is 0.205. The molecule has 2 aliphatic rings. The van der Waals surface area contributed by atoms with Crippen molar-refractivity contribution in [1.82, 2.24) is 19.1 Å². The van der Waals surface area contributed by atoms with Gasteiger partial charge >= 0.3 is 0 Å². The van der Waals surface area contributed by atoms with E-state index >= 15 is 0 Å². The number of sulfonamides is 1. The highest BCUT2D eigenvalue weighted by Crippen LogP contribution is 2.38. The predicted octanol–water partition coefficient (Wildman–Crippen LogP) is 1.83. The Kier molecular flexibility index (Phi) is 3.66. The SMILES string of the molecule is Cc1cc2c(cc1C)N(c1nnc(C3CCN3S(C)(=O)=O)n1C)CC2. The van der Waals surface area contributed by atoms with Gasteiger partial charge in [0.25, 0.3) is 0 Å². The first-order valence-corrected chi connectivity index (χ1v) is 10.4. The maximum absolute atomic E-state index is 11.9. The molecule has 0 radical (unpaired) electrons. The number of fused-ring (bicyclic) bond motifs is 1. The summed E-state index contributed by atoms with van der Waals surface area (Å²) in [7, 11) is -1.29. The molecule has 0 aliphatic carbocycles. The average Bonchev–Trinajstić information content (AvgIpc) is 3.01. The third kappa shape index (κ3) is 2.55. The molecule has 1 saturated heterocycles. The Morgan fingerprint density at radius 1 is 1.12 bits per heavy atom. The zero-order valence-electron chi connectivity index (χ0n) is 15.0. The summed E-state index contributed by atoms with van der Waals surface area (Å²) in [4.78, 5) is 2.18. The molecule has 0 saturated carbocycles. The number of hydrogen-bond acceptors (Lipinski definition) is 5. The molecule has 1 unspecified atom stereocenters. The first kappa shape index (κ1) is 16.5. The van der Waals surface area contributed by atoms with Crippen molar-refractivity contribution in [2.24, 2.45) is 7.05 Å². The van der Waals surface area contributed by atoms with E-state index in [1.165, 1.54) is 32.9 Å². The number of rotatable bonds is 3. The summed E-state index contributed by atoms with van der Waals surface area (Å²) in [6.45, 7) is 5.67. The molecule has 3 heterocycles. The minimum Gasteiger partial charge on any atom is -0.310 e. The van der Waals surface area contributed by atoms with E-state index in [9.17, 15) is 8.42 Å². The van der Waals surface area contributed by atoms with Crippen molar-refractivity contribution >= 4 is 21.7 Å². The lowest BCUT2D eigenvalue weighted by atomic mass is 10.0. The highest BCUT2D eigenvalue weighted by atomic mass is 32.2. The van der Waals surface area contributed by atoms with Gasteiger partial charge in [-0.2, -0.15) is 4.31 Å². The van der Waals surface area contributed by atoms with Crippen LogP contribution in [0.15, 0.2) is 12.1 Å². The summed E-state index contributed by atoms with van der Waals surface area (Å²) in [5.41, 5.74) is 5.07. The lowest BCUT2D eigenvalue weighted by molar-refractivity contribution is 0.190. The fraction of sp³-hybridized carbons (Fsp3) is 0.529. The standard InChI is InChI=1S/C17H23N5O2S/c1-11-9-13-5-7-21(15(13)10-12(11)2)17-19-18-16(20(17)3)14-6-8-22(14)25(4,23)24/h9-10,14H,5-8H2,1-4H3. The van der Waals surface area contributed by atoms with E-state index in [0.717, 1.165) is 25.3 Å². The second-order valence-corrected chi connectivity index (χ2v) is 9.00. The molecule has 1 atom stereocenters. The molecule has 0 spiro atoms. The van der Waals surface area contributed by atoms with Crippen molar-refractivity contribution in [3.8, 4) is 0 Å². The highest BCUT2D eigenvalue weighted by molar-refractivity contribution is 7.88. The van der Waals surface area contributed by atoms with E-state index in [1.54, 1.807) is 0 Å². The van der Waals surface area contributed by atoms with E-state index in [2.05, 4.69) is 41.1 Å². The van der Waals surface area contributed by atoms with E-state index in [4.69, 9.17) is 0 Å². The molecule has 2 aliphatic heterocycles. The summed E-state index contributed by atoms with van der Waals surface area (Å²) < 4.78 is 27.2. The first-order chi connectivity index (χ1) is 11.8. The molecule has 2 aromatic rings. The molecule has 1 aromatic carbocycles. The lowest BCUT2D eigenvalue weighted by Crippen LogP contribution is -2.45. The lowest BCUT2D eigenvalue weighted by Gasteiger charge is -2.37. The molecule has 8 heteroatoms. The molecular weight excluding hydrogens is 338 g/mol. The van der Waals surface area contributed by atoms with Gasteiger partial charge in [0.1, 0.15) is 0 Å². The zero-order chi connectivity index (χ0) is 17.9. The quantitative estimate of drug-likeness (QED) is 0.834. The second-order valence-electron chi connectivity index (χ2n) is 7.06. The summed E-state index contributed by atoms with van der Waals surface area (Å²) in [5, 5.41) is 8.71. The van der Waals surface area contributed by atoms with Crippen LogP contribution in [0.1, 0.15) is 35.0 Å². The molecule has 0 N–H and O–H groups in total. The van der Waals surface area contributed by atoms with Crippen LogP contribution in [0.2, 0.25) is 0 Å². The Balaban J connectivity index is 1.69. The molecule has 7 nitrogen and oxygen atoms in total. The third-order valence-corrected chi connectivity index (χ3v) is 6.70. The molecule has 134 valence electrons. The van der Waals surface area contributed by atoms with Gasteiger partial charge < -0.3 is 4.90 Å². The van der Waals surface area contributed by atoms with Gasteiger partial charge in [-0.3, -0.25) is 4.57 Å². The molecular formula is C17H23N5O2S. The maximum atomic E-state index is 11.9. The summed E-state index contributed by atoms with van der Waals surface area (Å²) in [6, 6.07) is 4.25. The third-order valence-electron chi connectivity index (χ3n) is 5.41. The Hall–Kier alpha value is -1.93. The summed E-state index contributed by atoms with van der Waals surface area (Å²) in [5.74, 6) is 1.49. The fourth-order valence-electron chi connectivity index (χ4n) is 3.75. The van der Waals surface area contributed by atoms with E-state index in [-0.39, 0.29) is 6.04 Å². The molecule has 1 aromatic heterocycles. The number of aryl methyl sites for hydroxylation is 2. The highest BCUT2D eigenvalue weighted by Gasteiger charge is 2.40. The number of aromatic nitrogens is 3. The van der Waals surface area contributed by atoms with Crippen LogP contribution in [-0.4, -0.2) is 46.8 Å². The average molecular weight is 361 g/mol. The van der Waals surface area contributed by atoms with Crippen molar-refractivity contribution in [2.45, 2.75) is 32.7 Å². The fourth-order valence-corrected chi connectivity index (χ4v) is 4.85. The van der Waals surface area contributed by atoms with Gasteiger partial charge in [0.15, 0.2) is 5.82 Å². The van der Waals surface area contributed by atoms with Gasteiger partial charge in [-0.25, -0.2) is 8.42 Å². The minimum atomic E-state index is -3.21. The van der Waals surface area contributed by atoms with Gasteiger partial charge in [0.2, 0.25) is 16.0 Å². The molecule has 0 bridgehead atoms. The Bertz CT molecular complexity index is 950. The van der Waals surface area contributed by atoms with E-state index in [0.29, 0.717) is 12.4 Å². The monoisotopic (exact) mass is 361 g/mol. The van der Waals surface area contributed by atoms with Crippen LogP contribution in [0, 0.1) is 13.8 Å². The van der Waals surface area contributed by atoms with Crippen LogP contribution in [0.25, 0.3) is 0 Å². The van der Waals surface area contributed by atoms with Gasteiger partial charge in [-0.05, 0) is 49.4 Å². The van der Waals surface area contributed by atoms with E-state index < -0.39 is 10.0 Å². The maximum Gasteiger partial charge on any atom is 0.231 e. The molecule has 0 amide bonds. The second kappa shape index (κ2) is 5.54. The molecule has 1 fully saturated rings. The topological polar surface area (TPSA) is 71.3 Å². The smallest absolute Gasteiger partial charge is 0.231 e. The van der Waals surface area contributed by atoms with Crippen molar-refractivity contribution in [3.05, 3.63) is 34.6 Å². The van der Waals surface area contributed by atoms with Crippen LogP contribution in [-0.2, 0) is 23.5 Å². The predicted molar refractivity (Wildman–Crippen MR) is 96.5 cm³/mol. The van der Waals surface area contributed by atoms with Gasteiger partial charge in [0.05, 0.1) is 12.3 Å². The van der Waals surface area contributed by atoms with Crippen LogP contribution >= 0.6 is 0 Å². The number of anilines is 2. The van der Waals surface area contributed by atoms with Crippen molar-refractivity contribution in [2.75, 3.05) is 24.2 Å². The molecule has 25 heavy (non-hydrogen) atoms. The molecule has 4 rings (SSSR count). The Labute approximate surface area is 148 Å². The van der Waals surface area contributed by atoms with Gasteiger partial charge in [0, 0.05) is 25.8 Å². The van der Waals surface area contributed by atoms with Crippen LogP contribution in [0.5, 0.6) is 0 Å². The Morgan fingerprint density at radius 3 is 2.48 bits per heavy atom. The normalized spacial score (nSPS) is 20.6.